The second kappa shape index (κ2) is 17.0. The van der Waals surface area contributed by atoms with Crippen molar-refractivity contribution in [3.8, 4) is 0 Å². The molecule has 2 fully saturated rings. The minimum atomic E-state index is 0.457. The maximum atomic E-state index is 2.56. The Bertz CT molecular complexity index is 775. The van der Waals surface area contributed by atoms with E-state index in [-0.39, 0.29) is 0 Å². The molecular weight excluding hydrogens is 480 g/mol. The molecule has 0 aliphatic heterocycles. The smallest absolute Gasteiger partial charge is 0.0156 e. The molecule has 0 bridgehead atoms. The Morgan fingerprint density at radius 2 is 0.850 bits per heavy atom. The molecule has 0 saturated heterocycles. The van der Waals surface area contributed by atoms with Crippen LogP contribution >= 0.6 is 0 Å². The maximum Gasteiger partial charge on any atom is -0.0156 e. The maximum absolute atomic E-state index is 2.56. The van der Waals surface area contributed by atoms with E-state index >= 15 is 0 Å². The highest BCUT2D eigenvalue weighted by atomic mass is 14.4. The summed E-state index contributed by atoms with van der Waals surface area (Å²) in [7, 11) is 0. The largest absolute Gasteiger partial charge is 0.0879 e. The first-order chi connectivity index (χ1) is 18.8. The van der Waals surface area contributed by atoms with Crippen molar-refractivity contribution < 1.29 is 0 Å². The van der Waals surface area contributed by atoms with Crippen LogP contribution in [-0.2, 0) is 0 Å². The van der Waals surface area contributed by atoms with Crippen molar-refractivity contribution in [2.24, 2.45) is 58.2 Å². The Morgan fingerprint density at radius 3 is 1.20 bits per heavy atom. The van der Waals surface area contributed by atoms with E-state index in [1.807, 2.05) is 0 Å². The predicted octanol–water partition coefficient (Wildman–Crippen LogP) is 12.8. The van der Waals surface area contributed by atoms with Crippen molar-refractivity contribution in [1.82, 2.24) is 0 Å². The van der Waals surface area contributed by atoms with Gasteiger partial charge in [-0.3, -0.25) is 0 Å². The number of hydrogen-bond acceptors (Lipinski definition) is 0. The van der Waals surface area contributed by atoms with Gasteiger partial charge in [0, 0.05) is 0 Å². The van der Waals surface area contributed by atoms with Gasteiger partial charge < -0.3 is 0 Å². The molecule has 2 rings (SSSR count). The van der Waals surface area contributed by atoms with Gasteiger partial charge in [0.1, 0.15) is 0 Å². The summed E-state index contributed by atoms with van der Waals surface area (Å²) in [6.07, 6.45) is 37.5. The Balaban J connectivity index is 1.65. The van der Waals surface area contributed by atoms with Crippen LogP contribution < -0.4 is 0 Å². The number of allylic oxidation sites excluding steroid dienone is 10. The van der Waals surface area contributed by atoms with Crippen molar-refractivity contribution in [2.75, 3.05) is 0 Å². The van der Waals surface area contributed by atoms with Crippen LogP contribution in [0.25, 0.3) is 0 Å². The standard InChI is InChI=1S/C40H68/c1-31(19-13-21-33(3)25-27-37-35(5)23-15-29-39(37,7)8)17-11-12-18-32(2)20-14-22-34(4)26-28-38-36(6)24-16-30-40(38,9)10/h11-14,19-20,25-28,31-38H,15-18,21-24,29-30H2,1-10H3/b12-11+,19-13+,20-14+,27-25+,28-26+/t31-,32+,33-,34-,35-,36-,37+,38-/m0/s1. The first-order valence-electron chi connectivity index (χ1n) is 17.2. The average molecular weight is 549 g/mol. The van der Waals surface area contributed by atoms with Gasteiger partial charge >= 0.3 is 0 Å². The summed E-state index contributed by atoms with van der Waals surface area (Å²) in [6.45, 7) is 24.2. The molecule has 2 aliphatic rings. The third-order valence-electron chi connectivity index (χ3n) is 10.4. The number of hydrogen-bond donors (Lipinski definition) is 0. The van der Waals surface area contributed by atoms with E-state index < -0.39 is 0 Å². The quantitative estimate of drug-likeness (QED) is 0.189. The Labute approximate surface area is 252 Å². The zero-order valence-corrected chi connectivity index (χ0v) is 28.5. The van der Waals surface area contributed by atoms with Crippen LogP contribution in [0.1, 0.15) is 133 Å². The second-order valence-electron chi connectivity index (χ2n) is 15.7. The lowest BCUT2D eigenvalue weighted by atomic mass is 9.64. The van der Waals surface area contributed by atoms with Gasteiger partial charge in [-0.15, -0.1) is 0 Å². The fourth-order valence-electron chi connectivity index (χ4n) is 7.50. The van der Waals surface area contributed by atoms with Gasteiger partial charge in [0.05, 0.1) is 0 Å². The molecule has 0 nitrogen and oxygen atoms in total. The van der Waals surface area contributed by atoms with E-state index in [4.69, 9.17) is 0 Å². The highest BCUT2D eigenvalue weighted by molar-refractivity contribution is 5.04. The van der Waals surface area contributed by atoms with Gasteiger partial charge in [-0.2, -0.15) is 0 Å². The highest BCUT2D eigenvalue weighted by Crippen LogP contribution is 2.45. The summed E-state index contributed by atoms with van der Waals surface area (Å²) >= 11 is 0. The minimum absolute atomic E-state index is 0.457. The molecule has 0 amide bonds. The molecule has 0 spiro atoms. The topological polar surface area (TPSA) is 0 Å². The van der Waals surface area contributed by atoms with Crippen LogP contribution in [0.4, 0.5) is 0 Å². The van der Waals surface area contributed by atoms with Crippen LogP contribution in [0, 0.1) is 58.2 Å². The summed E-state index contributed by atoms with van der Waals surface area (Å²) in [5.74, 6) is 5.58. The molecule has 0 N–H and O–H groups in total. The van der Waals surface area contributed by atoms with Crippen LogP contribution in [0.15, 0.2) is 60.8 Å². The van der Waals surface area contributed by atoms with Crippen molar-refractivity contribution in [1.29, 1.82) is 0 Å². The van der Waals surface area contributed by atoms with E-state index in [1.165, 1.54) is 38.5 Å². The molecule has 2 saturated carbocycles. The summed E-state index contributed by atoms with van der Waals surface area (Å²) < 4.78 is 0. The zero-order valence-electron chi connectivity index (χ0n) is 28.5. The third kappa shape index (κ3) is 12.3. The zero-order chi connectivity index (χ0) is 29.8. The van der Waals surface area contributed by atoms with Gasteiger partial charge in [0.2, 0.25) is 0 Å². The Kier molecular flexibility index (Phi) is 14.8. The van der Waals surface area contributed by atoms with Gasteiger partial charge in [-0.1, -0.05) is 156 Å². The minimum Gasteiger partial charge on any atom is -0.0879 e. The fourth-order valence-corrected chi connectivity index (χ4v) is 7.50. The molecule has 0 aromatic heterocycles. The van der Waals surface area contributed by atoms with Gasteiger partial charge in [0.25, 0.3) is 0 Å². The molecule has 40 heavy (non-hydrogen) atoms. The Hall–Kier alpha value is -1.30. The third-order valence-corrected chi connectivity index (χ3v) is 10.4. The fraction of sp³-hybridized carbons (Fsp3) is 0.750. The van der Waals surface area contributed by atoms with Crippen LogP contribution in [0.5, 0.6) is 0 Å². The van der Waals surface area contributed by atoms with E-state index in [0.717, 1.165) is 49.4 Å². The molecule has 0 aromatic rings. The summed E-state index contributed by atoms with van der Waals surface area (Å²) in [5, 5.41) is 0. The van der Waals surface area contributed by atoms with Crippen molar-refractivity contribution in [3.63, 3.8) is 0 Å². The van der Waals surface area contributed by atoms with Gasteiger partial charge in [-0.05, 0) is 96.7 Å². The van der Waals surface area contributed by atoms with Crippen molar-refractivity contribution >= 4 is 0 Å². The highest BCUT2D eigenvalue weighted by Gasteiger charge is 2.35. The molecule has 228 valence electrons. The summed E-state index contributed by atoms with van der Waals surface area (Å²) in [6, 6.07) is 0. The molecule has 0 radical (unpaired) electrons. The van der Waals surface area contributed by atoms with Crippen LogP contribution in [0.3, 0.4) is 0 Å². The van der Waals surface area contributed by atoms with Crippen molar-refractivity contribution in [3.05, 3.63) is 60.8 Å². The van der Waals surface area contributed by atoms with Crippen LogP contribution in [-0.4, -0.2) is 0 Å². The first-order valence-corrected chi connectivity index (χ1v) is 17.2. The molecule has 0 heterocycles. The van der Waals surface area contributed by atoms with Gasteiger partial charge in [-0.25, -0.2) is 0 Å². The predicted molar refractivity (Wildman–Crippen MR) is 181 cm³/mol. The van der Waals surface area contributed by atoms with E-state index in [9.17, 15) is 0 Å². The molecule has 0 heteroatoms. The van der Waals surface area contributed by atoms with E-state index in [1.54, 1.807) is 0 Å². The lowest BCUT2D eigenvalue weighted by Gasteiger charge is -2.41. The van der Waals surface area contributed by atoms with Crippen molar-refractivity contribution in [2.45, 2.75) is 133 Å². The lowest BCUT2D eigenvalue weighted by molar-refractivity contribution is 0.122. The normalized spacial score (nSPS) is 30.6. The number of rotatable bonds is 14. The van der Waals surface area contributed by atoms with E-state index in [2.05, 4.69) is 130 Å². The first kappa shape index (κ1) is 34.9. The monoisotopic (exact) mass is 549 g/mol. The van der Waals surface area contributed by atoms with Crippen LogP contribution in [0.2, 0.25) is 0 Å². The average Bonchev–Trinajstić information content (AvgIpc) is 2.85. The summed E-state index contributed by atoms with van der Waals surface area (Å²) in [4.78, 5) is 0. The summed E-state index contributed by atoms with van der Waals surface area (Å²) in [5.41, 5.74) is 0.913. The molecule has 2 aliphatic carbocycles. The second-order valence-corrected chi connectivity index (χ2v) is 15.7. The van der Waals surface area contributed by atoms with Gasteiger partial charge in [0.15, 0.2) is 0 Å². The SMILES string of the molecule is C[C@H](/C=C/C[C@H](C)/C=C/[C@@H]1[C@@H](C)CCCC1(C)C)C/C=C/C[C@@H](C)/C=C/C[C@H](C)/C=C/[C@H]1[C@@H](C)CCCC1(C)C. The molecule has 0 unspecified atom stereocenters. The molecule has 8 atom stereocenters. The van der Waals surface area contributed by atoms with E-state index in [0.29, 0.717) is 34.5 Å². The molecule has 0 aromatic carbocycles. The lowest BCUT2D eigenvalue weighted by Crippen LogP contribution is -2.32. The Morgan fingerprint density at radius 1 is 0.525 bits per heavy atom. The molecular formula is C40H68.